The molecular formula is C13H18N2O4. The monoisotopic (exact) mass is 266 g/mol. The van der Waals surface area contributed by atoms with Crippen LogP contribution < -0.4 is 5.32 Å². The van der Waals surface area contributed by atoms with Crippen LogP contribution >= 0.6 is 0 Å². The van der Waals surface area contributed by atoms with Gasteiger partial charge in [-0.05, 0) is 38.1 Å². The zero-order valence-electron chi connectivity index (χ0n) is 10.7. The fraction of sp³-hybridized carbons (Fsp3) is 0.538. The van der Waals surface area contributed by atoms with Crippen molar-refractivity contribution in [3.05, 3.63) is 23.7 Å². The number of nitrogens with zero attached hydrogens (tertiary/aromatic N) is 1. The van der Waals surface area contributed by atoms with E-state index in [0.717, 1.165) is 19.6 Å². The summed E-state index contributed by atoms with van der Waals surface area (Å²) in [6, 6.07) is 2.94. The minimum absolute atomic E-state index is 0.0415. The molecule has 1 aliphatic heterocycles. The van der Waals surface area contributed by atoms with E-state index in [1.165, 1.54) is 18.9 Å². The zero-order valence-corrected chi connectivity index (χ0v) is 10.7. The van der Waals surface area contributed by atoms with Gasteiger partial charge >= 0.3 is 5.97 Å². The molecule has 0 atom stereocenters. The predicted octanol–water partition coefficient (Wildman–Crippen LogP) is 1.08. The molecule has 0 unspecified atom stereocenters. The predicted molar refractivity (Wildman–Crippen MR) is 67.8 cm³/mol. The van der Waals surface area contributed by atoms with E-state index in [-0.39, 0.29) is 18.2 Å². The number of hydrogen-bond donors (Lipinski definition) is 2. The van der Waals surface area contributed by atoms with Crippen molar-refractivity contribution < 1.29 is 19.1 Å². The summed E-state index contributed by atoms with van der Waals surface area (Å²) in [5.41, 5.74) is 0. The average Bonchev–Trinajstić information content (AvgIpc) is 3.05. The number of carboxylic acids is 1. The molecule has 1 saturated heterocycles. The van der Waals surface area contributed by atoms with Crippen LogP contribution in [0.15, 0.2) is 16.5 Å². The first-order valence-corrected chi connectivity index (χ1v) is 6.46. The molecule has 6 nitrogen and oxygen atoms in total. The smallest absolute Gasteiger partial charge is 0.371 e. The van der Waals surface area contributed by atoms with Crippen LogP contribution in [0, 0.1) is 0 Å². The number of aromatic carboxylic acids is 1. The van der Waals surface area contributed by atoms with Gasteiger partial charge in [-0.3, -0.25) is 4.79 Å². The molecule has 0 saturated carbocycles. The van der Waals surface area contributed by atoms with Crippen molar-refractivity contribution >= 4 is 11.9 Å². The van der Waals surface area contributed by atoms with E-state index in [1.807, 2.05) is 0 Å². The molecule has 6 heteroatoms. The number of carboxylic acid groups (broad SMARTS) is 1. The maximum Gasteiger partial charge on any atom is 0.371 e. The lowest BCUT2D eigenvalue weighted by Gasteiger charge is -2.13. The maximum atomic E-state index is 11.6. The highest BCUT2D eigenvalue weighted by molar-refractivity contribution is 5.84. The maximum absolute atomic E-state index is 11.6. The minimum Gasteiger partial charge on any atom is -0.475 e. The van der Waals surface area contributed by atoms with Crippen LogP contribution in [0.5, 0.6) is 0 Å². The molecule has 1 aliphatic rings. The van der Waals surface area contributed by atoms with Crippen LogP contribution in [0.4, 0.5) is 0 Å². The molecule has 2 rings (SSSR count). The van der Waals surface area contributed by atoms with Gasteiger partial charge in [0.25, 0.3) is 0 Å². The van der Waals surface area contributed by atoms with Gasteiger partial charge in [0.15, 0.2) is 0 Å². The fourth-order valence-electron chi connectivity index (χ4n) is 2.13. The van der Waals surface area contributed by atoms with Crippen LogP contribution in [0.25, 0.3) is 0 Å². The third kappa shape index (κ3) is 4.10. The van der Waals surface area contributed by atoms with Gasteiger partial charge in [-0.15, -0.1) is 0 Å². The van der Waals surface area contributed by atoms with E-state index in [9.17, 15) is 9.59 Å². The lowest BCUT2D eigenvalue weighted by molar-refractivity contribution is -0.121. The Balaban J connectivity index is 1.68. The highest BCUT2D eigenvalue weighted by atomic mass is 16.4. The highest BCUT2D eigenvalue weighted by Crippen LogP contribution is 2.08. The summed E-state index contributed by atoms with van der Waals surface area (Å²) >= 11 is 0. The van der Waals surface area contributed by atoms with Crippen molar-refractivity contribution in [3.8, 4) is 0 Å². The Labute approximate surface area is 111 Å². The first kappa shape index (κ1) is 13.6. The second-order valence-electron chi connectivity index (χ2n) is 4.65. The van der Waals surface area contributed by atoms with Gasteiger partial charge in [-0.1, -0.05) is 0 Å². The van der Waals surface area contributed by atoms with Crippen LogP contribution in [-0.4, -0.2) is 41.5 Å². The van der Waals surface area contributed by atoms with E-state index >= 15 is 0 Å². The Morgan fingerprint density at radius 1 is 1.32 bits per heavy atom. The summed E-state index contributed by atoms with van der Waals surface area (Å²) in [7, 11) is 0. The van der Waals surface area contributed by atoms with E-state index in [4.69, 9.17) is 9.52 Å². The Bertz CT molecular complexity index is 449. The lowest BCUT2D eigenvalue weighted by Crippen LogP contribution is -2.28. The number of likely N-dealkylation sites (tertiary alicyclic amines) is 1. The van der Waals surface area contributed by atoms with Crippen LogP contribution in [0.3, 0.4) is 0 Å². The Morgan fingerprint density at radius 2 is 2.05 bits per heavy atom. The Kier molecular flexibility index (Phi) is 4.57. The van der Waals surface area contributed by atoms with Crippen LogP contribution in [0.1, 0.15) is 35.6 Å². The number of nitrogens with one attached hydrogen (secondary N) is 1. The highest BCUT2D eigenvalue weighted by Gasteiger charge is 2.13. The van der Waals surface area contributed by atoms with Gasteiger partial charge in [0.2, 0.25) is 11.7 Å². The molecule has 1 aromatic heterocycles. The van der Waals surface area contributed by atoms with Crippen molar-refractivity contribution in [2.45, 2.75) is 25.8 Å². The third-order valence-corrected chi connectivity index (χ3v) is 3.19. The molecule has 0 radical (unpaired) electrons. The number of amides is 1. The second-order valence-corrected chi connectivity index (χ2v) is 4.65. The summed E-state index contributed by atoms with van der Waals surface area (Å²) in [4.78, 5) is 24.5. The van der Waals surface area contributed by atoms with Gasteiger partial charge in [0.05, 0.1) is 6.54 Å². The van der Waals surface area contributed by atoms with Crippen molar-refractivity contribution in [3.63, 3.8) is 0 Å². The summed E-state index contributed by atoms with van der Waals surface area (Å²) in [5, 5.41) is 11.4. The van der Waals surface area contributed by atoms with Crippen molar-refractivity contribution in [1.29, 1.82) is 0 Å². The van der Waals surface area contributed by atoms with Crippen molar-refractivity contribution in [2.24, 2.45) is 0 Å². The SMILES string of the molecule is O=C(CCN1CCCC1)NCc1ccc(C(=O)O)o1. The first-order chi connectivity index (χ1) is 9.15. The topological polar surface area (TPSA) is 82.8 Å². The normalized spacial score (nSPS) is 15.6. The lowest BCUT2D eigenvalue weighted by atomic mass is 10.3. The summed E-state index contributed by atoms with van der Waals surface area (Å²) in [6.45, 7) is 3.16. The standard InChI is InChI=1S/C13H18N2O4/c16-12(5-8-15-6-1-2-7-15)14-9-10-3-4-11(19-10)13(17)18/h3-4H,1-2,5-9H2,(H,14,16)(H,17,18). The molecule has 104 valence electrons. The van der Waals surface area contributed by atoms with Gasteiger partial charge in [-0.25, -0.2) is 4.79 Å². The molecular weight excluding hydrogens is 248 g/mol. The fourth-order valence-corrected chi connectivity index (χ4v) is 2.13. The molecule has 19 heavy (non-hydrogen) atoms. The molecule has 1 fully saturated rings. The second kappa shape index (κ2) is 6.38. The van der Waals surface area contributed by atoms with Gasteiger partial charge in [0, 0.05) is 13.0 Å². The summed E-state index contributed by atoms with van der Waals surface area (Å²) < 4.78 is 5.05. The quantitative estimate of drug-likeness (QED) is 0.805. The van der Waals surface area contributed by atoms with Gasteiger partial charge < -0.3 is 19.7 Å². The number of furan rings is 1. The van der Waals surface area contributed by atoms with Gasteiger partial charge in [-0.2, -0.15) is 0 Å². The third-order valence-electron chi connectivity index (χ3n) is 3.19. The number of carbonyl (C=O) groups is 2. The van der Waals surface area contributed by atoms with Crippen LogP contribution in [0.2, 0.25) is 0 Å². The molecule has 2 heterocycles. The molecule has 1 amide bonds. The number of rotatable bonds is 6. The van der Waals surface area contributed by atoms with E-state index in [0.29, 0.717) is 12.2 Å². The van der Waals surface area contributed by atoms with Crippen molar-refractivity contribution in [2.75, 3.05) is 19.6 Å². The molecule has 2 N–H and O–H groups in total. The first-order valence-electron chi connectivity index (χ1n) is 6.46. The molecule has 0 aliphatic carbocycles. The zero-order chi connectivity index (χ0) is 13.7. The van der Waals surface area contributed by atoms with E-state index < -0.39 is 5.97 Å². The molecule has 0 bridgehead atoms. The summed E-state index contributed by atoms with van der Waals surface area (Å²) in [5.74, 6) is -0.806. The Hall–Kier alpha value is -1.82. The Morgan fingerprint density at radius 3 is 2.68 bits per heavy atom. The molecule has 0 spiro atoms. The largest absolute Gasteiger partial charge is 0.475 e. The summed E-state index contributed by atoms with van der Waals surface area (Å²) in [6.07, 6.45) is 2.89. The van der Waals surface area contributed by atoms with Crippen molar-refractivity contribution in [1.82, 2.24) is 10.2 Å². The number of carbonyl (C=O) groups excluding carboxylic acids is 1. The van der Waals surface area contributed by atoms with Crippen LogP contribution in [-0.2, 0) is 11.3 Å². The molecule has 0 aromatic carbocycles. The number of hydrogen-bond acceptors (Lipinski definition) is 4. The van der Waals surface area contributed by atoms with E-state index in [2.05, 4.69) is 10.2 Å². The molecule has 1 aromatic rings. The van der Waals surface area contributed by atoms with Gasteiger partial charge in [0.1, 0.15) is 5.76 Å². The van der Waals surface area contributed by atoms with E-state index in [1.54, 1.807) is 6.07 Å². The minimum atomic E-state index is -1.10. The average molecular weight is 266 g/mol.